The highest BCUT2D eigenvalue weighted by Crippen LogP contribution is 2.47. The van der Waals surface area contributed by atoms with Crippen molar-refractivity contribution in [3.63, 3.8) is 0 Å². The first-order valence-corrected chi connectivity index (χ1v) is 7.41. The maximum atomic E-state index is 5.88. The van der Waals surface area contributed by atoms with E-state index in [-0.39, 0.29) is 12.2 Å². The molecule has 3 heteroatoms. The Morgan fingerprint density at radius 3 is 1.35 bits per heavy atom. The third-order valence-corrected chi connectivity index (χ3v) is 5.22. The summed E-state index contributed by atoms with van der Waals surface area (Å²) in [6.07, 6.45) is 11.8. The Bertz CT molecular complexity index is 253. The molecule has 17 heavy (non-hydrogen) atoms. The Labute approximate surface area is 103 Å². The highest BCUT2D eigenvalue weighted by molar-refractivity contribution is 5.03. The SMILES string of the molecule is C1CCC([C@H]2OO[C@@H](C3CCCC3)[C@@H]3O[C@@H]32)C1. The molecule has 4 fully saturated rings. The third-order valence-electron chi connectivity index (χ3n) is 5.22. The molecule has 0 aromatic carbocycles. The average Bonchev–Trinajstić information content (AvgIpc) is 2.84. The molecule has 4 aliphatic rings. The summed E-state index contributed by atoms with van der Waals surface area (Å²) in [4.78, 5) is 11.4. The Morgan fingerprint density at radius 2 is 0.941 bits per heavy atom. The van der Waals surface area contributed by atoms with E-state index < -0.39 is 0 Å². The molecule has 4 atom stereocenters. The van der Waals surface area contributed by atoms with Crippen LogP contribution in [0.25, 0.3) is 0 Å². The second kappa shape index (κ2) is 4.22. The van der Waals surface area contributed by atoms with E-state index in [9.17, 15) is 0 Å². The van der Waals surface area contributed by atoms with Gasteiger partial charge in [0.15, 0.2) is 0 Å². The molecule has 0 radical (unpaired) electrons. The number of hydrogen-bond acceptors (Lipinski definition) is 3. The molecular formula is C14H22O3. The van der Waals surface area contributed by atoms with Crippen LogP contribution in [0, 0.1) is 11.8 Å². The summed E-state index contributed by atoms with van der Waals surface area (Å²) in [7, 11) is 0. The quantitative estimate of drug-likeness (QED) is 0.547. The topological polar surface area (TPSA) is 31.0 Å². The molecule has 2 aliphatic heterocycles. The van der Waals surface area contributed by atoms with E-state index in [2.05, 4.69) is 0 Å². The van der Waals surface area contributed by atoms with Gasteiger partial charge in [-0.2, -0.15) is 0 Å². The second-order valence-electron chi connectivity index (χ2n) is 6.28. The molecule has 0 amide bonds. The summed E-state index contributed by atoms with van der Waals surface area (Å²) in [6.45, 7) is 0. The zero-order valence-corrected chi connectivity index (χ0v) is 10.3. The minimum absolute atomic E-state index is 0.236. The van der Waals surface area contributed by atoms with Crippen LogP contribution >= 0.6 is 0 Å². The van der Waals surface area contributed by atoms with Crippen LogP contribution in [0.2, 0.25) is 0 Å². The summed E-state index contributed by atoms with van der Waals surface area (Å²) in [5.41, 5.74) is 0. The lowest BCUT2D eigenvalue weighted by Crippen LogP contribution is -2.42. The molecule has 0 unspecified atom stereocenters. The molecule has 0 N–H and O–H groups in total. The zero-order valence-electron chi connectivity index (χ0n) is 10.3. The molecule has 2 saturated heterocycles. The molecule has 0 spiro atoms. The summed E-state index contributed by atoms with van der Waals surface area (Å²) < 4.78 is 5.88. The van der Waals surface area contributed by atoms with Crippen molar-refractivity contribution in [3.05, 3.63) is 0 Å². The third kappa shape index (κ3) is 1.83. The maximum absolute atomic E-state index is 5.88. The number of fused-ring (bicyclic) bond motifs is 1. The van der Waals surface area contributed by atoms with E-state index in [0.29, 0.717) is 24.0 Å². The molecule has 2 aliphatic carbocycles. The number of ether oxygens (including phenoxy) is 1. The smallest absolute Gasteiger partial charge is 0.124 e. The molecule has 2 heterocycles. The number of rotatable bonds is 2. The highest BCUT2D eigenvalue weighted by atomic mass is 17.2. The van der Waals surface area contributed by atoms with Crippen LogP contribution in [0.15, 0.2) is 0 Å². The van der Waals surface area contributed by atoms with Gasteiger partial charge in [0.2, 0.25) is 0 Å². The second-order valence-corrected chi connectivity index (χ2v) is 6.28. The molecule has 3 nitrogen and oxygen atoms in total. The van der Waals surface area contributed by atoms with Crippen molar-refractivity contribution in [1.82, 2.24) is 0 Å². The summed E-state index contributed by atoms with van der Waals surface area (Å²) >= 11 is 0. The lowest BCUT2D eigenvalue weighted by molar-refractivity contribution is -0.379. The van der Waals surface area contributed by atoms with Crippen LogP contribution < -0.4 is 0 Å². The molecular weight excluding hydrogens is 216 g/mol. The van der Waals surface area contributed by atoms with Crippen LogP contribution in [-0.2, 0) is 14.5 Å². The first-order valence-electron chi connectivity index (χ1n) is 7.41. The van der Waals surface area contributed by atoms with Gasteiger partial charge in [0.05, 0.1) is 0 Å². The van der Waals surface area contributed by atoms with Crippen LogP contribution in [0.4, 0.5) is 0 Å². The lowest BCUT2D eigenvalue weighted by atomic mass is 9.90. The van der Waals surface area contributed by atoms with Crippen molar-refractivity contribution in [2.45, 2.75) is 75.8 Å². The van der Waals surface area contributed by atoms with Crippen molar-refractivity contribution in [2.75, 3.05) is 0 Å². The molecule has 0 bridgehead atoms. The van der Waals surface area contributed by atoms with Gasteiger partial charge in [-0.05, 0) is 37.5 Å². The van der Waals surface area contributed by atoms with Crippen LogP contribution in [0.5, 0.6) is 0 Å². The number of epoxide rings is 1. The van der Waals surface area contributed by atoms with Crippen LogP contribution in [-0.4, -0.2) is 24.4 Å². The van der Waals surface area contributed by atoms with Gasteiger partial charge in [-0.1, -0.05) is 25.7 Å². The van der Waals surface area contributed by atoms with Gasteiger partial charge in [0, 0.05) is 0 Å². The highest BCUT2D eigenvalue weighted by Gasteiger charge is 2.59. The van der Waals surface area contributed by atoms with Gasteiger partial charge < -0.3 is 4.74 Å². The molecule has 96 valence electrons. The molecule has 4 rings (SSSR count). The van der Waals surface area contributed by atoms with Crippen molar-refractivity contribution < 1.29 is 14.5 Å². The maximum Gasteiger partial charge on any atom is 0.124 e. The van der Waals surface area contributed by atoms with Crippen molar-refractivity contribution in [3.8, 4) is 0 Å². The first-order chi connectivity index (χ1) is 8.43. The Hall–Kier alpha value is -0.120. The van der Waals surface area contributed by atoms with Gasteiger partial charge in [0.1, 0.15) is 24.4 Å². The van der Waals surface area contributed by atoms with Gasteiger partial charge in [-0.15, -0.1) is 0 Å². The largest absolute Gasteiger partial charge is 0.364 e. The lowest BCUT2D eigenvalue weighted by Gasteiger charge is -2.30. The van der Waals surface area contributed by atoms with Gasteiger partial charge >= 0.3 is 0 Å². The van der Waals surface area contributed by atoms with E-state index in [0.717, 1.165) is 0 Å². The van der Waals surface area contributed by atoms with Gasteiger partial charge in [-0.25, -0.2) is 9.78 Å². The Kier molecular flexibility index (Phi) is 2.67. The summed E-state index contributed by atoms with van der Waals surface area (Å²) in [5, 5.41) is 0. The van der Waals surface area contributed by atoms with Gasteiger partial charge in [-0.3, -0.25) is 0 Å². The van der Waals surface area contributed by atoms with E-state index in [4.69, 9.17) is 14.5 Å². The predicted molar refractivity (Wildman–Crippen MR) is 62.3 cm³/mol. The Balaban J connectivity index is 1.40. The van der Waals surface area contributed by atoms with Gasteiger partial charge in [0.25, 0.3) is 0 Å². The van der Waals surface area contributed by atoms with Crippen molar-refractivity contribution in [1.29, 1.82) is 0 Å². The standard InChI is InChI=1S/C14H22O3/c1-2-6-9(5-1)11-13-14(15-13)12(17-16-11)10-7-3-4-8-10/h9-14H,1-8H2/t11-,12+,13-,14+. The average molecular weight is 238 g/mol. The number of hydrogen-bond donors (Lipinski definition) is 0. The summed E-state index contributed by atoms with van der Waals surface area (Å²) in [5.74, 6) is 1.38. The first kappa shape index (κ1) is 10.8. The van der Waals surface area contributed by atoms with Crippen molar-refractivity contribution >= 4 is 0 Å². The minimum atomic E-state index is 0.236. The van der Waals surface area contributed by atoms with Crippen LogP contribution in [0.3, 0.4) is 0 Å². The van der Waals surface area contributed by atoms with E-state index in [1.54, 1.807) is 0 Å². The molecule has 0 aromatic rings. The van der Waals surface area contributed by atoms with Crippen molar-refractivity contribution in [2.24, 2.45) is 11.8 Å². The fourth-order valence-corrected chi connectivity index (χ4v) is 4.17. The normalized spacial score (nSPS) is 47.3. The Morgan fingerprint density at radius 1 is 0.529 bits per heavy atom. The van der Waals surface area contributed by atoms with E-state index >= 15 is 0 Å². The van der Waals surface area contributed by atoms with Crippen LogP contribution in [0.1, 0.15) is 51.4 Å². The predicted octanol–water partition coefficient (Wildman–Crippen LogP) is 2.83. The molecule has 0 aromatic heterocycles. The molecule has 2 saturated carbocycles. The summed E-state index contributed by atoms with van der Waals surface area (Å²) in [6, 6.07) is 0. The zero-order chi connectivity index (χ0) is 11.2. The van der Waals surface area contributed by atoms with E-state index in [1.807, 2.05) is 0 Å². The van der Waals surface area contributed by atoms with E-state index in [1.165, 1.54) is 51.4 Å². The minimum Gasteiger partial charge on any atom is -0.364 e. The fourth-order valence-electron chi connectivity index (χ4n) is 4.17. The fraction of sp³-hybridized carbons (Fsp3) is 1.00. The monoisotopic (exact) mass is 238 g/mol.